The number of aliphatic carboxylic acids is 1. The van der Waals surface area contributed by atoms with E-state index in [4.69, 9.17) is 5.11 Å². The molecular formula is C18H15Br2N3O4. The molecule has 140 valence electrons. The zero-order valence-corrected chi connectivity index (χ0v) is 17.3. The first-order chi connectivity index (χ1) is 12.8. The zero-order valence-electron chi connectivity index (χ0n) is 14.1. The minimum atomic E-state index is -1.18. The summed E-state index contributed by atoms with van der Waals surface area (Å²) >= 11 is 6.99. The van der Waals surface area contributed by atoms with Crippen molar-refractivity contribution in [3.05, 3.63) is 56.9 Å². The number of carboxylic acid groups (broad SMARTS) is 1. The predicted octanol–water partition coefficient (Wildman–Crippen LogP) is 3.69. The highest BCUT2D eigenvalue weighted by molar-refractivity contribution is 9.13. The number of benzene rings is 1. The highest BCUT2D eigenvalue weighted by Crippen LogP contribution is 2.43. The molecule has 0 unspecified atom stereocenters. The third kappa shape index (κ3) is 3.57. The summed E-state index contributed by atoms with van der Waals surface area (Å²) in [7, 11) is 0. The van der Waals surface area contributed by atoms with E-state index >= 15 is 0 Å². The van der Waals surface area contributed by atoms with E-state index in [0.29, 0.717) is 20.0 Å². The van der Waals surface area contributed by atoms with Gasteiger partial charge in [0.1, 0.15) is 11.1 Å². The normalized spacial score (nSPS) is 12.1. The van der Waals surface area contributed by atoms with E-state index in [-0.39, 0.29) is 17.5 Å². The van der Waals surface area contributed by atoms with E-state index in [1.807, 2.05) is 41.8 Å². The summed E-state index contributed by atoms with van der Waals surface area (Å²) in [6, 6.07) is 9.75. The number of amides is 1. The van der Waals surface area contributed by atoms with Crippen molar-refractivity contribution in [2.45, 2.75) is 13.0 Å². The van der Waals surface area contributed by atoms with E-state index in [1.54, 1.807) is 0 Å². The third-order valence-electron chi connectivity index (χ3n) is 4.19. The molecule has 1 amide bonds. The zero-order chi connectivity index (χ0) is 19.7. The number of halogens is 2. The fourth-order valence-corrected chi connectivity index (χ4v) is 4.15. The van der Waals surface area contributed by atoms with Crippen molar-refractivity contribution in [1.29, 1.82) is 0 Å². The first kappa shape index (κ1) is 19.4. The molecule has 0 aliphatic rings. The minimum Gasteiger partial charge on any atom is -0.505 e. The van der Waals surface area contributed by atoms with Gasteiger partial charge in [0.05, 0.1) is 27.6 Å². The Hall–Kier alpha value is -2.39. The topological polar surface area (TPSA) is 104 Å². The molecule has 3 rings (SSSR count). The largest absolute Gasteiger partial charge is 0.505 e. The molecule has 2 heterocycles. The van der Waals surface area contributed by atoms with E-state index in [2.05, 4.69) is 42.2 Å². The Morgan fingerprint density at radius 3 is 2.56 bits per heavy atom. The molecule has 0 saturated heterocycles. The number of aromatic hydroxyl groups is 1. The SMILES string of the molecule is C[C@@H](c1ccccc1)n1c(Br)c(Br)c2c(O)c(C(=O)NCC(=O)O)ncc21. The number of aromatic nitrogens is 2. The molecule has 0 bridgehead atoms. The number of nitrogens with one attached hydrogen (secondary N) is 1. The second-order valence-electron chi connectivity index (χ2n) is 5.85. The lowest BCUT2D eigenvalue weighted by atomic mass is 10.1. The van der Waals surface area contributed by atoms with E-state index in [9.17, 15) is 14.7 Å². The Bertz CT molecular complexity index is 1030. The van der Waals surface area contributed by atoms with Crippen molar-refractivity contribution in [2.24, 2.45) is 0 Å². The highest BCUT2D eigenvalue weighted by atomic mass is 79.9. The van der Waals surface area contributed by atoms with Crippen molar-refractivity contribution in [3.63, 3.8) is 0 Å². The Morgan fingerprint density at radius 1 is 1.26 bits per heavy atom. The number of hydrogen-bond acceptors (Lipinski definition) is 4. The molecule has 0 radical (unpaired) electrons. The number of carbonyl (C=O) groups excluding carboxylic acids is 1. The molecule has 2 aromatic heterocycles. The van der Waals surface area contributed by atoms with Crippen molar-refractivity contribution >= 4 is 54.6 Å². The molecule has 0 aliphatic carbocycles. The van der Waals surface area contributed by atoms with Crippen LogP contribution in [0.4, 0.5) is 0 Å². The number of carbonyl (C=O) groups is 2. The van der Waals surface area contributed by atoms with Crippen LogP contribution < -0.4 is 5.32 Å². The standard InChI is InChI=1S/C18H15Br2N3O4/c1-9(10-5-3-2-4-6-10)23-11-7-21-15(18(27)22-8-12(24)25)16(26)13(11)14(19)17(23)20/h2-7,9,26H,8H2,1H3,(H,22,27)(H,24,25)/t9-/m0/s1. The van der Waals surface area contributed by atoms with Gasteiger partial charge in [0, 0.05) is 0 Å². The summed E-state index contributed by atoms with van der Waals surface area (Å²) in [5.74, 6) is -2.26. The second kappa shape index (κ2) is 7.69. The van der Waals surface area contributed by atoms with Crippen LogP contribution in [0.2, 0.25) is 0 Å². The van der Waals surface area contributed by atoms with Crippen molar-refractivity contribution in [1.82, 2.24) is 14.9 Å². The van der Waals surface area contributed by atoms with Crippen LogP contribution in [0, 0.1) is 0 Å². The van der Waals surface area contributed by atoms with Crippen LogP contribution in [0.1, 0.15) is 29.0 Å². The van der Waals surface area contributed by atoms with Gasteiger partial charge in [-0.15, -0.1) is 0 Å². The van der Waals surface area contributed by atoms with Gasteiger partial charge in [-0.25, -0.2) is 4.98 Å². The van der Waals surface area contributed by atoms with Gasteiger partial charge in [0.2, 0.25) is 0 Å². The Kier molecular flexibility index (Phi) is 5.52. The predicted molar refractivity (Wildman–Crippen MR) is 107 cm³/mol. The van der Waals surface area contributed by atoms with E-state index in [1.165, 1.54) is 6.20 Å². The molecule has 3 N–H and O–H groups in total. The van der Waals surface area contributed by atoms with Crippen molar-refractivity contribution in [3.8, 4) is 5.75 Å². The first-order valence-electron chi connectivity index (χ1n) is 7.94. The number of fused-ring (bicyclic) bond motifs is 1. The Balaban J connectivity index is 2.11. The van der Waals surface area contributed by atoms with Gasteiger partial charge in [-0.05, 0) is 44.3 Å². The van der Waals surface area contributed by atoms with Crippen LogP contribution in [0.25, 0.3) is 10.9 Å². The maximum Gasteiger partial charge on any atom is 0.322 e. The number of rotatable bonds is 5. The van der Waals surface area contributed by atoms with Gasteiger partial charge in [-0.2, -0.15) is 0 Å². The molecule has 1 atom stereocenters. The van der Waals surface area contributed by atoms with Gasteiger partial charge >= 0.3 is 5.97 Å². The van der Waals surface area contributed by atoms with E-state index in [0.717, 1.165) is 5.56 Å². The van der Waals surface area contributed by atoms with Crippen molar-refractivity contribution in [2.75, 3.05) is 6.54 Å². The minimum absolute atomic E-state index is 0.0674. The Morgan fingerprint density at radius 2 is 1.93 bits per heavy atom. The molecule has 7 nitrogen and oxygen atoms in total. The van der Waals surface area contributed by atoms with Gasteiger partial charge < -0.3 is 20.1 Å². The van der Waals surface area contributed by atoms with Crippen LogP contribution in [0.5, 0.6) is 5.75 Å². The summed E-state index contributed by atoms with van der Waals surface area (Å²) < 4.78 is 3.21. The summed E-state index contributed by atoms with van der Waals surface area (Å²) in [5, 5.41) is 21.9. The van der Waals surface area contributed by atoms with E-state index < -0.39 is 18.4 Å². The van der Waals surface area contributed by atoms with Gasteiger partial charge in [-0.3, -0.25) is 9.59 Å². The molecule has 3 aromatic rings. The molecule has 0 fully saturated rings. The number of hydrogen-bond donors (Lipinski definition) is 3. The number of pyridine rings is 1. The summed E-state index contributed by atoms with van der Waals surface area (Å²) in [5.41, 5.74) is 1.45. The quantitative estimate of drug-likeness (QED) is 0.499. The fraction of sp³-hybridized carbons (Fsp3) is 0.167. The monoisotopic (exact) mass is 495 g/mol. The first-order valence-corrected chi connectivity index (χ1v) is 9.53. The van der Waals surface area contributed by atoms with Gasteiger partial charge in [-0.1, -0.05) is 30.3 Å². The lowest BCUT2D eigenvalue weighted by molar-refractivity contribution is -0.135. The van der Waals surface area contributed by atoms with Crippen LogP contribution in [-0.4, -0.2) is 38.2 Å². The molecular weight excluding hydrogens is 482 g/mol. The average Bonchev–Trinajstić information content (AvgIpc) is 2.91. The highest BCUT2D eigenvalue weighted by Gasteiger charge is 2.25. The summed E-state index contributed by atoms with van der Waals surface area (Å²) in [6.45, 7) is 1.45. The van der Waals surface area contributed by atoms with Crippen LogP contribution in [0.3, 0.4) is 0 Å². The van der Waals surface area contributed by atoms with Crippen LogP contribution >= 0.6 is 31.9 Å². The fourth-order valence-electron chi connectivity index (χ4n) is 2.87. The van der Waals surface area contributed by atoms with Gasteiger partial charge in [0.15, 0.2) is 11.4 Å². The molecule has 9 heteroatoms. The lowest BCUT2D eigenvalue weighted by Crippen LogP contribution is -2.29. The lowest BCUT2D eigenvalue weighted by Gasteiger charge is -2.17. The molecule has 0 saturated carbocycles. The van der Waals surface area contributed by atoms with Gasteiger partial charge in [0.25, 0.3) is 5.91 Å². The van der Waals surface area contributed by atoms with Crippen LogP contribution in [0.15, 0.2) is 45.6 Å². The van der Waals surface area contributed by atoms with Crippen molar-refractivity contribution < 1.29 is 19.8 Å². The Labute approximate surface area is 171 Å². The molecule has 0 spiro atoms. The number of nitrogens with zero attached hydrogens (tertiary/aromatic N) is 2. The maximum atomic E-state index is 12.1. The summed E-state index contributed by atoms with van der Waals surface area (Å²) in [6.07, 6.45) is 1.49. The molecule has 27 heavy (non-hydrogen) atoms. The summed E-state index contributed by atoms with van der Waals surface area (Å²) in [4.78, 5) is 26.8. The molecule has 1 aromatic carbocycles. The maximum absolute atomic E-state index is 12.1. The smallest absolute Gasteiger partial charge is 0.322 e. The number of carboxylic acids is 1. The second-order valence-corrected chi connectivity index (χ2v) is 7.40. The van der Waals surface area contributed by atoms with Crippen LogP contribution in [-0.2, 0) is 4.79 Å². The third-order valence-corrected chi connectivity index (χ3v) is 6.27. The molecule has 0 aliphatic heterocycles. The average molecular weight is 497 g/mol.